The Balaban J connectivity index is 2.01. The van der Waals surface area contributed by atoms with Gasteiger partial charge in [-0.15, -0.1) is 0 Å². The molecule has 0 heterocycles. The molecule has 2 rings (SSSR count). The first kappa shape index (κ1) is 12.5. The van der Waals surface area contributed by atoms with Gasteiger partial charge in [0.15, 0.2) is 0 Å². The van der Waals surface area contributed by atoms with E-state index in [1.54, 1.807) is 0 Å². The lowest BCUT2D eigenvalue weighted by Gasteiger charge is -2.15. The van der Waals surface area contributed by atoms with Crippen LogP contribution < -0.4 is 10.1 Å². The quantitative estimate of drug-likeness (QED) is 0.804. The highest BCUT2D eigenvalue weighted by Crippen LogP contribution is 2.25. The summed E-state index contributed by atoms with van der Waals surface area (Å²) in [5.41, 5.74) is 0. The summed E-state index contributed by atoms with van der Waals surface area (Å²) in [7, 11) is 0. The monoisotopic (exact) mass is 260 g/mol. The minimum atomic E-state index is -0.281. The third-order valence-electron chi connectivity index (χ3n) is 2.93. The van der Waals surface area contributed by atoms with E-state index in [-0.39, 0.29) is 6.10 Å². The van der Waals surface area contributed by atoms with Crippen molar-refractivity contribution in [3.8, 4) is 5.75 Å². The maximum atomic E-state index is 7.11. The van der Waals surface area contributed by atoms with Gasteiger partial charge in [0.25, 0.3) is 0 Å². The molecule has 0 spiro atoms. The Morgan fingerprint density at radius 1 is 1.21 bits per heavy atom. The molecule has 2 aromatic rings. The van der Waals surface area contributed by atoms with Crippen molar-refractivity contribution in [3.05, 3.63) is 42.5 Å². The van der Waals surface area contributed by atoms with Crippen LogP contribution in [-0.2, 0) is 0 Å². The Bertz CT molecular complexity index is 539. The summed E-state index contributed by atoms with van der Waals surface area (Å²) in [6, 6.07) is 14.4. The number of ether oxygens (including phenoxy) is 1. The van der Waals surface area contributed by atoms with Crippen molar-refractivity contribution in [3.63, 3.8) is 0 Å². The van der Waals surface area contributed by atoms with E-state index < -0.39 is 0 Å². The predicted octanol–water partition coefficient (Wildman–Crippen LogP) is 2.58. The smallest absolute Gasteiger partial charge is 0.211 e. The molecular weight excluding hydrogens is 238 g/mol. The first-order valence-electron chi connectivity index (χ1n) is 7.07. The van der Waals surface area contributed by atoms with E-state index in [0.717, 1.165) is 16.5 Å². The highest BCUT2D eigenvalue weighted by Gasteiger charge is 2.07. The maximum absolute atomic E-state index is 7.11. The number of aliphatic hydroxyl groups is 1. The molecule has 0 aromatic heterocycles. The molecule has 2 N–H and O–H groups in total. The average molecular weight is 260 g/mol. The van der Waals surface area contributed by atoms with Crippen LogP contribution in [0.25, 0.3) is 10.8 Å². The summed E-state index contributed by atoms with van der Waals surface area (Å²) in [5.74, 6) is 0.828. The van der Waals surface area contributed by atoms with Crippen molar-refractivity contribution in [1.82, 2.24) is 5.32 Å². The zero-order valence-corrected chi connectivity index (χ0v) is 11.4. The van der Waals surface area contributed by atoms with Gasteiger partial charge in [-0.2, -0.15) is 0 Å². The van der Waals surface area contributed by atoms with E-state index in [4.69, 9.17) is 11.3 Å². The molecule has 102 valence electrons. The van der Waals surface area contributed by atoms with Crippen LogP contribution in [0.3, 0.4) is 0 Å². The fourth-order valence-electron chi connectivity index (χ4n) is 1.93. The van der Waals surface area contributed by atoms with Crippen molar-refractivity contribution in [2.75, 3.05) is 13.2 Å². The minimum Gasteiger partial charge on any atom is -0.490 e. The fraction of sp³-hybridized carbons (Fsp3) is 0.375. The number of rotatable bonds is 7. The molecule has 0 bridgehead atoms. The fourth-order valence-corrected chi connectivity index (χ4v) is 1.93. The molecule has 2 aromatic carbocycles. The number of hydrogen-bond acceptors (Lipinski definition) is 3. The van der Waals surface area contributed by atoms with Crippen LogP contribution in [0.2, 0.25) is 0 Å². The molecule has 0 saturated heterocycles. The van der Waals surface area contributed by atoms with Crippen molar-refractivity contribution in [1.29, 1.82) is 1.43 Å². The van der Waals surface area contributed by atoms with Gasteiger partial charge in [-0.1, -0.05) is 50.2 Å². The largest absolute Gasteiger partial charge is 0.490 e. The zero-order valence-electron chi connectivity index (χ0n) is 12.4. The van der Waals surface area contributed by atoms with Crippen LogP contribution >= 0.6 is 0 Å². The normalized spacial score (nSPS) is 13.5. The van der Waals surface area contributed by atoms with Crippen molar-refractivity contribution in [2.45, 2.75) is 26.0 Å². The van der Waals surface area contributed by atoms with Crippen LogP contribution in [0.5, 0.6) is 5.75 Å². The number of nitrogens with one attached hydrogen (secondary N) is 1. The summed E-state index contributed by atoms with van der Waals surface area (Å²) in [6.45, 7) is 5.09. The Kier molecular flexibility index (Phi) is 4.29. The van der Waals surface area contributed by atoms with Gasteiger partial charge < -0.3 is 15.2 Å². The van der Waals surface area contributed by atoms with Crippen LogP contribution in [-0.4, -0.2) is 31.8 Å². The van der Waals surface area contributed by atoms with Gasteiger partial charge in [-0.25, -0.2) is 0 Å². The lowest BCUT2D eigenvalue weighted by Crippen LogP contribution is -2.35. The second-order valence-electron chi connectivity index (χ2n) is 4.97. The number of hydrogen-bond donors (Lipinski definition) is 2. The second kappa shape index (κ2) is 6.55. The Hall–Kier alpha value is -1.58. The molecule has 0 aliphatic rings. The van der Waals surface area contributed by atoms with Crippen molar-refractivity contribution in [2.24, 2.45) is 0 Å². The molecule has 0 aliphatic heterocycles. The van der Waals surface area contributed by atoms with Gasteiger partial charge in [-0.05, 0) is 11.5 Å². The summed E-state index contributed by atoms with van der Waals surface area (Å²) < 4.78 is 12.9. The molecule has 0 saturated carbocycles. The molecule has 1 atom stereocenters. The second-order valence-corrected chi connectivity index (χ2v) is 4.97. The summed E-state index contributed by atoms with van der Waals surface area (Å²) >= 11 is 0. The van der Waals surface area contributed by atoms with Gasteiger partial charge in [0, 0.05) is 18.0 Å². The molecule has 0 fully saturated rings. The number of aliphatic hydroxyl groups excluding tert-OH is 1. The highest BCUT2D eigenvalue weighted by molar-refractivity contribution is 5.88. The minimum absolute atomic E-state index is 0.281. The lowest BCUT2D eigenvalue weighted by atomic mass is 10.1. The van der Waals surface area contributed by atoms with Crippen molar-refractivity contribution < 1.29 is 9.85 Å². The first-order valence-corrected chi connectivity index (χ1v) is 6.66. The lowest BCUT2D eigenvalue weighted by molar-refractivity contribution is 0.105. The Morgan fingerprint density at radius 2 is 2.00 bits per heavy atom. The van der Waals surface area contributed by atoms with Crippen LogP contribution in [0.15, 0.2) is 42.5 Å². The van der Waals surface area contributed by atoms with E-state index in [1.165, 1.54) is 0 Å². The van der Waals surface area contributed by atoms with Crippen LogP contribution in [0.1, 0.15) is 13.8 Å². The van der Waals surface area contributed by atoms with Crippen molar-refractivity contribution >= 4 is 10.8 Å². The van der Waals surface area contributed by atoms with Gasteiger partial charge in [0.1, 0.15) is 18.5 Å². The molecule has 0 amide bonds. The molecular formula is C16H21NO2. The molecule has 3 nitrogen and oxygen atoms in total. The highest BCUT2D eigenvalue weighted by atomic mass is 16.5. The Morgan fingerprint density at radius 3 is 2.79 bits per heavy atom. The Labute approximate surface area is 115 Å². The molecule has 1 unspecified atom stereocenters. The first-order chi connectivity index (χ1) is 9.70. The topological polar surface area (TPSA) is 41.5 Å². The number of fused-ring (bicyclic) bond motifs is 1. The van der Waals surface area contributed by atoms with E-state index >= 15 is 0 Å². The molecule has 3 heteroatoms. The molecule has 0 aliphatic carbocycles. The number of benzene rings is 2. The van der Waals surface area contributed by atoms with E-state index in [9.17, 15) is 0 Å². The zero-order chi connectivity index (χ0) is 14.4. The van der Waals surface area contributed by atoms with Gasteiger partial charge in [0.05, 0.1) is 0 Å². The maximum Gasteiger partial charge on any atom is 0.211 e. The van der Waals surface area contributed by atoms with Gasteiger partial charge in [0.2, 0.25) is 1.43 Å². The summed E-state index contributed by atoms with van der Waals surface area (Å²) in [4.78, 5) is 0. The SMILES string of the molecule is [2H]OC(CNC(C)C)COc1cccc2ccccc12. The van der Waals surface area contributed by atoms with Crippen LogP contribution in [0.4, 0.5) is 0 Å². The standard InChI is InChI=1S/C16H21NO2/c1-12(2)17-10-14(18)11-19-16-9-5-7-13-6-3-4-8-15(13)16/h3-9,12,14,17-18H,10-11H2,1-2H3/i18D. The molecule has 0 radical (unpaired) electrons. The van der Waals surface area contributed by atoms with Gasteiger partial charge in [-0.3, -0.25) is 0 Å². The van der Waals surface area contributed by atoms with Crippen LogP contribution in [0, 0.1) is 0 Å². The van der Waals surface area contributed by atoms with Gasteiger partial charge >= 0.3 is 0 Å². The third kappa shape index (κ3) is 3.94. The summed E-state index contributed by atoms with van der Waals surface area (Å²) in [5, 5.41) is 10.2. The average Bonchev–Trinajstić information content (AvgIpc) is 2.47. The molecule has 19 heavy (non-hydrogen) atoms. The third-order valence-corrected chi connectivity index (χ3v) is 2.93. The summed E-state index contributed by atoms with van der Waals surface area (Å²) in [6.07, 6.45) is -0.281. The van der Waals surface area contributed by atoms with E-state index in [1.807, 2.05) is 30.3 Å². The predicted molar refractivity (Wildman–Crippen MR) is 78.6 cm³/mol. The van der Waals surface area contributed by atoms with E-state index in [0.29, 0.717) is 19.2 Å². The van der Waals surface area contributed by atoms with E-state index in [2.05, 4.69) is 31.3 Å².